The molecule has 0 bridgehead atoms. The molecule has 87 valence electrons. The van der Waals surface area contributed by atoms with Gasteiger partial charge in [0, 0.05) is 0 Å². The van der Waals surface area contributed by atoms with E-state index in [9.17, 15) is 9.90 Å². The predicted octanol–water partition coefficient (Wildman–Crippen LogP) is 1.98. The average Bonchev–Trinajstić information content (AvgIpc) is 2.05. The van der Waals surface area contributed by atoms with Crippen LogP contribution in [0.5, 0.6) is 0 Å². The lowest BCUT2D eigenvalue weighted by atomic mass is 9.93. The van der Waals surface area contributed by atoms with E-state index in [1.54, 1.807) is 0 Å². The molecule has 0 unspecified atom stereocenters. The molecule has 0 aliphatic heterocycles. The first kappa shape index (κ1) is 12.3. The van der Waals surface area contributed by atoms with E-state index in [1.165, 1.54) is 0 Å². The number of ether oxygens (including phenoxy) is 1. The number of aliphatic hydroxyl groups excluding tert-OH is 1. The Hall–Kier alpha value is -0.770. The van der Waals surface area contributed by atoms with E-state index in [-0.39, 0.29) is 6.10 Å². The van der Waals surface area contributed by atoms with Crippen LogP contribution in [0.2, 0.25) is 0 Å². The standard InChI is InChI=1S/C11H20NO3/c1-11(2,3)15-10(14)12-8-4-6-9(13)7-5-8/h9,13H,4-7H2,1-3H3,(H,12,14). The molecule has 15 heavy (non-hydrogen) atoms. The quantitative estimate of drug-likeness (QED) is 0.701. The van der Waals surface area contributed by atoms with Crippen molar-refractivity contribution in [2.24, 2.45) is 0 Å². The van der Waals surface area contributed by atoms with Gasteiger partial charge < -0.3 is 15.2 Å². The summed E-state index contributed by atoms with van der Waals surface area (Å²) in [6, 6.07) is 0.967. The van der Waals surface area contributed by atoms with Crippen molar-refractivity contribution in [2.45, 2.75) is 58.2 Å². The Bertz CT molecular complexity index is 214. The molecule has 1 aliphatic rings. The first-order valence-electron chi connectivity index (χ1n) is 5.39. The van der Waals surface area contributed by atoms with Crippen LogP contribution in [-0.4, -0.2) is 22.9 Å². The molecule has 0 aromatic carbocycles. The number of carbonyl (C=O) groups excluding carboxylic acids is 1. The number of alkyl carbamates (subject to hydrolysis) is 1. The fraction of sp³-hybridized carbons (Fsp3) is 0.818. The summed E-state index contributed by atoms with van der Waals surface area (Å²) in [5.41, 5.74) is -0.459. The normalized spacial score (nSPS) is 20.0. The van der Waals surface area contributed by atoms with Crippen LogP contribution in [0, 0.1) is 6.04 Å². The largest absolute Gasteiger partial charge is 0.444 e. The van der Waals surface area contributed by atoms with Crippen molar-refractivity contribution in [2.75, 3.05) is 0 Å². The molecule has 4 heteroatoms. The summed E-state index contributed by atoms with van der Waals surface area (Å²) in [5.74, 6) is 0. The Morgan fingerprint density at radius 3 is 2.40 bits per heavy atom. The minimum Gasteiger partial charge on any atom is -0.444 e. The molecular weight excluding hydrogens is 194 g/mol. The lowest BCUT2D eigenvalue weighted by molar-refractivity contribution is 0.0508. The highest BCUT2D eigenvalue weighted by atomic mass is 16.6. The molecule has 1 radical (unpaired) electrons. The molecule has 1 aliphatic carbocycles. The van der Waals surface area contributed by atoms with Crippen molar-refractivity contribution in [3.63, 3.8) is 0 Å². The summed E-state index contributed by atoms with van der Waals surface area (Å²) in [5, 5.41) is 12.0. The third-order valence-corrected chi connectivity index (χ3v) is 2.24. The Balaban J connectivity index is 2.27. The monoisotopic (exact) mass is 214 g/mol. The maximum absolute atomic E-state index is 11.4. The van der Waals surface area contributed by atoms with Crippen LogP contribution < -0.4 is 5.32 Å². The second kappa shape index (κ2) is 4.84. The van der Waals surface area contributed by atoms with Crippen molar-refractivity contribution in [1.82, 2.24) is 5.32 Å². The van der Waals surface area contributed by atoms with Crippen LogP contribution in [-0.2, 0) is 4.74 Å². The molecule has 4 nitrogen and oxygen atoms in total. The zero-order valence-corrected chi connectivity index (χ0v) is 9.67. The lowest BCUT2D eigenvalue weighted by Crippen LogP contribution is -2.37. The van der Waals surface area contributed by atoms with Gasteiger partial charge in [0.2, 0.25) is 0 Å². The van der Waals surface area contributed by atoms with Gasteiger partial charge in [0.25, 0.3) is 0 Å². The highest BCUT2D eigenvalue weighted by Crippen LogP contribution is 2.24. The average molecular weight is 214 g/mol. The number of nitrogens with one attached hydrogen (secondary N) is 1. The molecule has 0 atom stereocenters. The summed E-state index contributed by atoms with van der Waals surface area (Å²) < 4.78 is 5.13. The van der Waals surface area contributed by atoms with Crippen LogP contribution >= 0.6 is 0 Å². The fourth-order valence-corrected chi connectivity index (χ4v) is 1.52. The van der Waals surface area contributed by atoms with E-state index < -0.39 is 11.7 Å². The summed E-state index contributed by atoms with van der Waals surface area (Å²) in [6.45, 7) is 5.51. The Labute approximate surface area is 91.0 Å². The molecule has 0 aromatic heterocycles. The van der Waals surface area contributed by atoms with Gasteiger partial charge in [0.05, 0.1) is 12.1 Å². The van der Waals surface area contributed by atoms with Crippen molar-refractivity contribution in [1.29, 1.82) is 0 Å². The van der Waals surface area contributed by atoms with Crippen LogP contribution in [0.25, 0.3) is 0 Å². The summed E-state index contributed by atoms with van der Waals surface area (Å²) >= 11 is 0. The molecular formula is C11H20NO3. The van der Waals surface area contributed by atoms with E-state index in [4.69, 9.17) is 4.74 Å². The van der Waals surface area contributed by atoms with Gasteiger partial charge in [0.15, 0.2) is 0 Å². The third kappa shape index (κ3) is 5.02. The van der Waals surface area contributed by atoms with Gasteiger partial charge in [-0.25, -0.2) is 4.79 Å². The van der Waals surface area contributed by atoms with E-state index >= 15 is 0 Å². The molecule has 1 saturated carbocycles. The highest BCUT2D eigenvalue weighted by Gasteiger charge is 2.24. The molecule has 1 amide bonds. The molecule has 0 heterocycles. The van der Waals surface area contributed by atoms with Crippen LogP contribution in [0.4, 0.5) is 4.79 Å². The van der Waals surface area contributed by atoms with Gasteiger partial charge in [-0.1, -0.05) is 0 Å². The van der Waals surface area contributed by atoms with E-state index in [0.717, 1.165) is 31.7 Å². The van der Waals surface area contributed by atoms with Crippen molar-refractivity contribution in [3.05, 3.63) is 6.04 Å². The number of hydrogen-bond donors (Lipinski definition) is 2. The minimum atomic E-state index is -0.459. The molecule has 0 spiro atoms. The topological polar surface area (TPSA) is 58.6 Å². The second-order valence-electron chi connectivity index (χ2n) is 4.96. The Morgan fingerprint density at radius 2 is 1.93 bits per heavy atom. The van der Waals surface area contributed by atoms with E-state index in [0.29, 0.717) is 0 Å². The highest BCUT2D eigenvalue weighted by molar-refractivity contribution is 5.69. The van der Waals surface area contributed by atoms with Gasteiger partial charge in [-0.3, -0.25) is 0 Å². The number of rotatable bonds is 1. The molecule has 1 rings (SSSR count). The van der Waals surface area contributed by atoms with Gasteiger partial charge in [-0.2, -0.15) is 0 Å². The van der Waals surface area contributed by atoms with Crippen molar-refractivity contribution >= 4 is 6.09 Å². The van der Waals surface area contributed by atoms with Crippen molar-refractivity contribution in [3.8, 4) is 0 Å². The van der Waals surface area contributed by atoms with Gasteiger partial charge in [-0.05, 0) is 46.5 Å². The summed E-state index contributed by atoms with van der Waals surface area (Å²) in [6.07, 6.45) is 2.35. The molecule has 1 fully saturated rings. The number of carbonyl (C=O) groups is 1. The second-order valence-corrected chi connectivity index (χ2v) is 4.96. The van der Waals surface area contributed by atoms with Gasteiger partial charge in [-0.15, -0.1) is 0 Å². The van der Waals surface area contributed by atoms with E-state index in [1.807, 2.05) is 20.8 Å². The van der Waals surface area contributed by atoms with Crippen molar-refractivity contribution < 1.29 is 14.6 Å². The van der Waals surface area contributed by atoms with Gasteiger partial charge in [0.1, 0.15) is 5.60 Å². The van der Waals surface area contributed by atoms with E-state index in [2.05, 4.69) is 5.32 Å². The van der Waals surface area contributed by atoms with Crippen LogP contribution in [0.3, 0.4) is 0 Å². The first-order chi connectivity index (χ1) is 6.87. The molecule has 2 N–H and O–H groups in total. The predicted molar refractivity (Wildman–Crippen MR) is 57.1 cm³/mol. The summed E-state index contributed by atoms with van der Waals surface area (Å²) in [7, 11) is 0. The molecule has 0 saturated heterocycles. The number of aliphatic hydroxyl groups is 1. The zero-order valence-electron chi connectivity index (χ0n) is 9.67. The number of hydrogen-bond acceptors (Lipinski definition) is 3. The molecule has 0 aromatic rings. The van der Waals surface area contributed by atoms with Gasteiger partial charge >= 0.3 is 6.09 Å². The SMILES string of the molecule is CC(C)(C)OC(=O)N[C]1CCC(O)CC1. The fourth-order valence-electron chi connectivity index (χ4n) is 1.52. The third-order valence-electron chi connectivity index (χ3n) is 2.24. The Morgan fingerprint density at radius 1 is 1.40 bits per heavy atom. The minimum absolute atomic E-state index is 0.214. The Kier molecular flexibility index (Phi) is 3.97. The lowest BCUT2D eigenvalue weighted by Gasteiger charge is -2.27. The smallest absolute Gasteiger partial charge is 0.408 e. The summed E-state index contributed by atoms with van der Waals surface area (Å²) in [4.78, 5) is 11.4. The van der Waals surface area contributed by atoms with Crippen LogP contribution in [0.1, 0.15) is 46.5 Å². The number of amides is 1. The van der Waals surface area contributed by atoms with Crippen LogP contribution in [0.15, 0.2) is 0 Å². The maximum Gasteiger partial charge on any atom is 0.408 e. The maximum atomic E-state index is 11.4. The first-order valence-corrected chi connectivity index (χ1v) is 5.39. The zero-order chi connectivity index (χ0) is 11.5.